The lowest BCUT2D eigenvalue weighted by atomic mass is 9.89. The molecule has 6 nitrogen and oxygen atoms in total. The Hall–Kier alpha value is -1.29. The number of terminal acetylenes is 1. The fraction of sp³-hybridized carbons (Fsp3) is 0.842. The van der Waals surface area contributed by atoms with Gasteiger partial charge in [0.25, 0.3) is 0 Å². The highest BCUT2D eigenvalue weighted by atomic mass is 16.3. The number of amides is 2. The largest absolute Gasteiger partial charge is 0.391 e. The summed E-state index contributed by atoms with van der Waals surface area (Å²) in [5.74, 6) is 2.67. The molecule has 0 aromatic heterocycles. The number of hydrogen-bond donors (Lipinski definition) is 2. The Bertz CT molecular complexity index is 476. The second kappa shape index (κ2) is 8.88. The van der Waals surface area contributed by atoms with Crippen molar-refractivity contribution in [2.75, 3.05) is 45.8 Å². The fourth-order valence-corrected chi connectivity index (χ4v) is 4.40. The van der Waals surface area contributed by atoms with E-state index in [0.717, 1.165) is 71.4 Å². The lowest BCUT2D eigenvalue weighted by Crippen LogP contribution is -2.56. The van der Waals surface area contributed by atoms with Gasteiger partial charge in [0.2, 0.25) is 0 Å². The molecule has 1 saturated carbocycles. The Balaban J connectivity index is 1.39. The van der Waals surface area contributed by atoms with Gasteiger partial charge in [-0.1, -0.05) is 18.8 Å². The van der Waals surface area contributed by atoms with E-state index in [1.165, 1.54) is 6.42 Å². The van der Waals surface area contributed by atoms with Crippen LogP contribution in [0.4, 0.5) is 4.79 Å². The molecule has 2 N–H and O–H groups in total. The first kappa shape index (κ1) is 18.5. The molecule has 1 aliphatic carbocycles. The first-order valence-electron chi connectivity index (χ1n) is 9.80. The summed E-state index contributed by atoms with van der Waals surface area (Å²) in [6.45, 7) is 5.83. The van der Waals surface area contributed by atoms with Gasteiger partial charge in [-0.05, 0) is 25.7 Å². The SMILES string of the molecule is C#CCN1CCN(C(=O)NC2CCN(C3CCCCC3O)CC2)CC1. The summed E-state index contributed by atoms with van der Waals surface area (Å²) >= 11 is 0. The molecule has 140 valence electrons. The second-order valence-electron chi connectivity index (χ2n) is 7.65. The molecule has 0 radical (unpaired) electrons. The van der Waals surface area contributed by atoms with Gasteiger partial charge >= 0.3 is 6.03 Å². The van der Waals surface area contributed by atoms with Crippen LogP contribution in [0.25, 0.3) is 0 Å². The molecule has 3 fully saturated rings. The number of aliphatic hydroxyl groups excluding tert-OH is 1. The molecule has 2 aliphatic heterocycles. The highest BCUT2D eigenvalue weighted by Crippen LogP contribution is 2.25. The Morgan fingerprint density at radius 3 is 2.36 bits per heavy atom. The summed E-state index contributed by atoms with van der Waals surface area (Å²) in [4.78, 5) is 19.0. The lowest BCUT2D eigenvalue weighted by molar-refractivity contribution is 0.00742. The van der Waals surface area contributed by atoms with Crippen LogP contribution in [-0.2, 0) is 0 Å². The molecular weight excluding hydrogens is 316 g/mol. The van der Waals surface area contributed by atoms with Crippen LogP contribution < -0.4 is 5.32 Å². The van der Waals surface area contributed by atoms with Crippen LogP contribution in [0.2, 0.25) is 0 Å². The third-order valence-corrected chi connectivity index (χ3v) is 5.99. The van der Waals surface area contributed by atoms with Crippen LogP contribution in [-0.4, -0.2) is 89.8 Å². The number of likely N-dealkylation sites (tertiary alicyclic amines) is 1. The molecule has 2 heterocycles. The molecule has 2 amide bonds. The third kappa shape index (κ3) is 4.87. The van der Waals surface area contributed by atoms with E-state index in [9.17, 15) is 9.90 Å². The topological polar surface area (TPSA) is 59.0 Å². The number of aliphatic hydroxyl groups is 1. The number of carbonyl (C=O) groups is 1. The molecule has 6 heteroatoms. The predicted molar refractivity (Wildman–Crippen MR) is 98.2 cm³/mol. The van der Waals surface area contributed by atoms with E-state index in [2.05, 4.69) is 21.0 Å². The molecule has 0 spiro atoms. The van der Waals surface area contributed by atoms with Crippen LogP contribution in [0.3, 0.4) is 0 Å². The number of carbonyl (C=O) groups excluding carboxylic acids is 1. The molecule has 2 atom stereocenters. The number of nitrogens with zero attached hydrogens (tertiary/aromatic N) is 3. The standard InChI is InChI=1S/C19H32N4O2/c1-2-9-21-12-14-23(15-13-21)19(25)20-16-7-10-22(11-8-16)17-5-3-4-6-18(17)24/h1,16-18,24H,3-15H2,(H,20,25). The van der Waals surface area contributed by atoms with Crippen molar-refractivity contribution in [3.8, 4) is 12.3 Å². The van der Waals surface area contributed by atoms with Gasteiger partial charge in [-0.25, -0.2) is 4.79 Å². The first-order chi connectivity index (χ1) is 12.2. The lowest BCUT2D eigenvalue weighted by Gasteiger charge is -2.42. The fourth-order valence-electron chi connectivity index (χ4n) is 4.40. The van der Waals surface area contributed by atoms with Gasteiger partial charge in [-0.3, -0.25) is 9.80 Å². The molecule has 3 aliphatic rings. The third-order valence-electron chi connectivity index (χ3n) is 5.99. The minimum absolute atomic E-state index is 0.0662. The van der Waals surface area contributed by atoms with Crippen LogP contribution >= 0.6 is 0 Å². The molecule has 3 rings (SSSR count). The van der Waals surface area contributed by atoms with Gasteiger partial charge < -0.3 is 15.3 Å². The zero-order valence-corrected chi connectivity index (χ0v) is 15.2. The summed E-state index contributed by atoms with van der Waals surface area (Å²) in [6.07, 6.45) is 11.6. The van der Waals surface area contributed by atoms with Gasteiger partial charge in [0.1, 0.15) is 0 Å². The van der Waals surface area contributed by atoms with E-state index in [1.54, 1.807) is 0 Å². The van der Waals surface area contributed by atoms with Gasteiger partial charge in [0, 0.05) is 51.4 Å². The Kier molecular flexibility index (Phi) is 6.57. The predicted octanol–water partition coefficient (Wildman–Crippen LogP) is 0.715. The van der Waals surface area contributed by atoms with E-state index >= 15 is 0 Å². The van der Waals surface area contributed by atoms with Crippen LogP contribution in [0.15, 0.2) is 0 Å². The average Bonchev–Trinajstić information content (AvgIpc) is 2.64. The summed E-state index contributed by atoms with van der Waals surface area (Å²) in [6, 6.07) is 0.652. The maximum absolute atomic E-state index is 12.5. The van der Waals surface area contributed by atoms with Gasteiger partial charge in [-0.15, -0.1) is 6.42 Å². The van der Waals surface area contributed by atoms with E-state index in [4.69, 9.17) is 6.42 Å². The average molecular weight is 348 g/mol. The normalized spacial score (nSPS) is 30.0. The van der Waals surface area contributed by atoms with Crippen LogP contribution in [0.1, 0.15) is 38.5 Å². The summed E-state index contributed by atoms with van der Waals surface area (Å²) in [7, 11) is 0. The van der Waals surface area contributed by atoms with Gasteiger partial charge in [-0.2, -0.15) is 0 Å². The molecule has 0 aromatic carbocycles. The van der Waals surface area contributed by atoms with Crippen molar-refractivity contribution in [1.82, 2.24) is 20.0 Å². The van der Waals surface area contributed by atoms with Gasteiger partial charge in [0.15, 0.2) is 0 Å². The van der Waals surface area contributed by atoms with E-state index in [-0.39, 0.29) is 18.2 Å². The van der Waals surface area contributed by atoms with Gasteiger partial charge in [0.05, 0.1) is 12.6 Å². The van der Waals surface area contributed by atoms with E-state index in [1.807, 2.05) is 4.90 Å². The van der Waals surface area contributed by atoms with E-state index < -0.39 is 0 Å². The van der Waals surface area contributed by atoms with E-state index in [0.29, 0.717) is 12.6 Å². The summed E-state index contributed by atoms with van der Waals surface area (Å²) in [5.41, 5.74) is 0. The molecule has 0 bridgehead atoms. The van der Waals surface area contributed by atoms with Crippen LogP contribution in [0.5, 0.6) is 0 Å². The first-order valence-corrected chi connectivity index (χ1v) is 9.80. The summed E-state index contributed by atoms with van der Waals surface area (Å²) in [5, 5.41) is 13.4. The van der Waals surface area contributed by atoms with Crippen molar-refractivity contribution in [1.29, 1.82) is 0 Å². The van der Waals surface area contributed by atoms with Crippen molar-refractivity contribution in [2.24, 2.45) is 0 Å². The molecule has 25 heavy (non-hydrogen) atoms. The molecule has 2 saturated heterocycles. The van der Waals surface area contributed by atoms with Crippen molar-refractivity contribution < 1.29 is 9.90 Å². The number of hydrogen-bond acceptors (Lipinski definition) is 4. The highest BCUT2D eigenvalue weighted by molar-refractivity contribution is 5.74. The minimum atomic E-state index is -0.167. The number of piperidine rings is 1. The minimum Gasteiger partial charge on any atom is -0.391 e. The smallest absolute Gasteiger partial charge is 0.317 e. The number of rotatable bonds is 3. The Labute approximate surface area is 151 Å². The highest BCUT2D eigenvalue weighted by Gasteiger charge is 2.32. The summed E-state index contributed by atoms with van der Waals surface area (Å²) < 4.78 is 0. The number of piperazine rings is 1. The monoisotopic (exact) mass is 348 g/mol. The van der Waals surface area contributed by atoms with Crippen LogP contribution in [0, 0.1) is 12.3 Å². The number of urea groups is 1. The molecule has 0 aromatic rings. The molecule has 2 unspecified atom stereocenters. The Morgan fingerprint density at radius 1 is 1.04 bits per heavy atom. The van der Waals surface area contributed by atoms with Crippen molar-refractivity contribution >= 4 is 6.03 Å². The van der Waals surface area contributed by atoms with Crippen molar-refractivity contribution in [3.05, 3.63) is 0 Å². The molecular formula is C19H32N4O2. The zero-order valence-electron chi connectivity index (χ0n) is 15.2. The second-order valence-corrected chi connectivity index (χ2v) is 7.65. The zero-order chi connectivity index (χ0) is 17.6. The van der Waals surface area contributed by atoms with Crippen molar-refractivity contribution in [2.45, 2.75) is 56.7 Å². The maximum atomic E-state index is 12.5. The Morgan fingerprint density at radius 2 is 1.72 bits per heavy atom. The maximum Gasteiger partial charge on any atom is 0.317 e. The number of nitrogens with one attached hydrogen (secondary N) is 1. The quantitative estimate of drug-likeness (QED) is 0.738. The van der Waals surface area contributed by atoms with Crippen molar-refractivity contribution in [3.63, 3.8) is 0 Å².